The first-order valence-corrected chi connectivity index (χ1v) is 14.7. The Morgan fingerprint density at radius 1 is 1.11 bits per heavy atom. The van der Waals surface area contributed by atoms with Gasteiger partial charge in [-0.25, -0.2) is 8.42 Å². The summed E-state index contributed by atoms with van der Waals surface area (Å²) in [6.07, 6.45) is 0.500. The number of fused-ring (bicyclic) bond motifs is 1. The number of ketones is 1. The number of aryl methyl sites for hydroxylation is 2. The number of benzene rings is 2. The number of carbonyl (C=O) groups excluding carboxylic acids is 1. The summed E-state index contributed by atoms with van der Waals surface area (Å²) < 4.78 is 35.0. The number of thiophene rings is 1. The highest BCUT2D eigenvalue weighted by molar-refractivity contribution is 7.89. The molecule has 0 bridgehead atoms. The van der Waals surface area contributed by atoms with Gasteiger partial charge in [-0.1, -0.05) is 51.1 Å². The molecule has 0 spiro atoms. The lowest BCUT2D eigenvalue weighted by Gasteiger charge is -2.25. The lowest BCUT2D eigenvalue weighted by molar-refractivity contribution is 0.102. The monoisotopic (exact) mass is 525 g/mol. The minimum atomic E-state index is -3.72. The Kier molecular flexibility index (Phi) is 7.74. The molecule has 1 aromatic heterocycles. The van der Waals surface area contributed by atoms with Crippen LogP contribution in [0, 0.1) is 19.8 Å². The van der Waals surface area contributed by atoms with Gasteiger partial charge in [-0.2, -0.15) is 4.31 Å². The van der Waals surface area contributed by atoms with Crippen molar-refractivity contribution in [2.75, 3.05) is 6.54 Å². The van der Waals surface area contributed by atoms with Crippen LogP contribution >= 0.6 is 11.3 Å². The molecule has 1 unspecified atom stereocenters. The first-order chi connectivity index (χ1) is 17.0. The van der Waals surface area contributed by atoms with E-state index in [0.29, 0.717) is 24.6 Å². The summed E-state index contributed by atoms with van der Waals surface area (Å²) in [5.41, 5.74) is 4.18. The first kappa shape index (κ1) is 26.6. The van der Waals surface area contributed by atoms with E-state index >= 15 is 0 Å². The standard InChI is InChI=1S/C29H35NO4S2/c1-7-24-17-30(36(32,33)27-11-9-8-10-25(27)34-24)16-23-15-22(13-12-19(23)4)28(18(2)3)26-14-20(5)29(35-26)21(6)31/h8-15,18,24,28H,7,16-17H2,1-6H3/t24-,28?/m1/s1. The van der Waals surface area contributed by atoms with Crippen molar-refractivity contribution in [1.82, 2.24) is 4.31 Å². The van der Waals surface area contributed by atoms with Crippen molar-refractivity contribution in [3.05, 3.63) is 80.5 Å². The molecule has 5 nitrogen and oxygen atoms in total. The van der Waals surface area contributed by atoms with Crippen LogP contribution in [0.15, 0.2) is 53.4 Å². The number of sulfonamides is 1. The average molecular weight is 526 g/mol. The number of para-hydroxylation sites is 1. The molecule has 0 saturated carbocycles. The van der Waals surface area contributed by atoms with Crippen LogP contribution < -0.4 is 4.74 Å². The molecule has 1 aliphatic heterocycles. The maximum atomic E-state index is 13.7. The topological polar surface area (TPSA) is 63.7 Å². The summed E-state index contributed by atoms with van der Waals surface area (Å²) in [6.45, 7) is 12.6. The highest BCUT2D eigenvalue weighted by atomic mass is 32.2. The lowest BCUT2D eigenvalue weighted by Crippen LogP contribution is -2.36. The Morgan fingerprint density at radius 2 is 1.83 bits per heavy atom. The van der Waals surface area contributed by atoms with E-state index in [1.165, 1.54) is 4.88 Å². The van der Waals surface area contributed by atoms with Crippen LogP contribution in [-0.2, 0) is 16.6 Å². The number of ether oxygens (including phenoxy) is 1. The molecular weight excluding hydrogens is 490 g/mol. The quantitative estimate of drug-likeness (QED) is 0.321. The van der Waals surface area contributed by atoms with Gasteiger partial charge in [-0.3, -0.25) is 4.79 Å². The second-order valence-electron chi connectivity index (χ2n) is 10.0. The Labute approximate surface area is 219 Å². The Morgan fingerprint density at radius 3 is 2.47 bits per heavy atom. The van der Waals surface area contributed by atoms with E-state index in [4.69, 9.17) is 4.74 Å². The van der Waals surface area contributed by atoms with Crippen LogP contribution in [0.3, 0.4) is 0 Å². The van der Waals surface area contributed by atoms with E-state index in [0.717, 1.165) is 27.1 Å². The minimum absolute atomic E-state index is 0.0928. The maximum Gasteiger partial charge on any atom is 0.247 e. The normalized spacial score (nSPS) is 18.4. The van der Waals surface area contributed by atoms with Gasteiger partial charge in [0, 0.05) is 17.3 Å². The van der Waals surface area contributed by atoms with Gasteiger partial charge in [0.05, 0.1) is 11.4 Å². The van der Waals surface area contributed by atoms with Crippen molar-refractivity contribution in [2.24, 2.45) is 5.92 Å². The van der Waals surface area contributed by atoms with E-state index < -0.39 is 10.0 Å². The Balaban J connectivity index is 1.73. The zero-order chi connectivity index (χ0) is 26.2. The predicted molar refractivity (Wildman–Crippen MR) is 146 cm³/mol. The van der Waals surface area contributed by atoms with Crippen LogP contribution in [0.1, 0.15) is 76.8 Å². The van der Waals surface area contributed by atoms with Crippen molar-refractivity contribution >= 4 is 27.1 Å². The van der Waals surface area contributed by atoms with Crippen molar-refractivity contribution in [3.63, 3.8) is 0 Å². The summed E-state index contributed by atoms with van der Waals surface area (Å²) in [4.78, 5) is 14.3. The third-order valence-electron chi connectivity index (χ3n) is 6.93. The third kappa shape index (κ3) is 5.15. The SMILES string of the molecule is CC[C@@H]1CN(Cc2cc(C(c3cc(C)c(C(C)=O)s3)C(C)C)ccc2C)S(=O)(=O)c2ccccc2O1. The molecule has 3 aromatic rings. The van der Waals surface area contributed by atoms with Crippen LogP contribution in [0.4, 0.5) is 0 Å². The fraction of sp³-hybridized carbons (Fsp3) is 0.414. The summed E-state index contributed by atoms with van der Waals surface area (Å²) in [5.74, 6) is 0.946. The first-order valence-electron chi connectivity index (χ1n) is 12.5. The third-order valence-corrected chi connectivity index (χ3v) is 10.2. The van der Waals surface area contributed by atoms with Crippen molar-refractivity contribution in [1.29, 1.82) is 0 Å². The summed E-state index contributed by atoms with van der Waals surface area (Å²) in [6, 6.07) is 15.4. The number of Topliss-reactive ketones (excluding diaryl/α,β-unsaturated/α-hetero) is 1. The minimum Gasteiger partial charge on any atom is -0.488 e. The van der Waals surface area contributed by atoms with Gasteiger partial charge >= 0.3 is 0 Å². The van der Waals surface area contributed by atoms with Crippen molar-refractivity contribution in [3.8, 4) is 5.75 Å². The lowest BCUT2D eigenvalue weighted by atomic mass is 9.85. The maximum absolute atomic E-state index is 13.7. The fourth-order valence-corrected chi connectivity index (χ4v) is 7.88. The second-order valence-corrected chi connectivity index (χ2v) is 13.0. The average Bonchev–Trinajstić information content (AvgIpc) is 3.16. The number of nitrogens with zero attached hydrogens (tertiary/aromatic N) is 1. The van der Waals surface area contributed by atoms with E-state index in [1.54, 1.807) is 46.8 Å². The van der Waals surface area contributed by atoms with Crippen molar-refractivity contribution < 1.29 is 17.9 Å². The van der Waals surface area contributed by atoms with Crippen LogP contribution in [0.5, 0.6) is 5.75 Å². The van der Waals surface area contributed by atoms with Gasteiger partial charge in [0.1, 0.15) is 16.7 Å². The molecule has 0 radical (unpaired) electrons. The number of hydrogen-bond donors (Lipinski definition) is 0. The molecule has 2 atom stereocenters. The molecule has 2 heterocycles. The van der Waals surface area contributed by atoms with Gasteiger partial charge < -0.3 is 4.74 Å². The summed E-state index contributed by atoms with van der Waals surface area (Å²) in [7, 11) is -3.72. The van der Waals surface area contributed by atoms with Gasteiger partial charge in [0.15, 0.2) is 5.78 Å². The molecule has 36 heavy (non-hydrogen) atoms. The van der Waals surface area contributed by atoms with Crippen LogP contribution in [-0.4, -0.2) is 31.2 Å². The molecule has 0 amide bonds. The highest BCUT2D eigenvalue weighted by Gasteiger charge is 2.34. The molecule has 0 N–H and O–H groups in total. The number of carbonyl (C=O) groups is 1. The number of rotatable bonds is 7. The second kappa shape index (κ2) is 10.5. The molecular formula is C29H35NO4S2. The van der Waals surface area contributed by atoms with Gasteiger partial charge in [0.25, 0.3) is 0 Å². The molecule has 0 saturated heterocycles. The van der Waals surface area contributed by atoms with Gasteiger partial charge in [-0.05, 0) is 73.6 Å². The van der Waals surface area contributed by atoms with Crippen LogP contribution in [0.25, 0.3) is 0 Å². The largest absolute Gasteiger partial charge is 0.488 e. The van der Waals surface area contributed by atoms with Gasteiger partial charge in [-0.15, -0.1) is 11.3 Å². The van der Waals surface area contributed by atoms with Gasteiger partial charge in [0.2, 0.25) is 10.0 Å². The van der Waals surface area contributed by atoms with E-state index in [1.807, 2.05) is 20.8 Å². The molecule has 0 aliphatic carbocycles. The molecule has 0 fully saturated rings. The molecule has 192 valence electrons. The van der Waals surface area contributed by atoms with E-state index in [9.17, 15) is 13.2 Å². The molecule has 7 heteroatoms. The smallest absolute Gasteiger partial charge is 0.247 e. The fourth-order valence-electron chi connectivity index (χ4n) is 4.94. The summed E-state index contributed by atoms with van der Waals surface area (Å²) >= 11 is 1.57. The van der Waals surface area contributed by atoms with E-state index in [-0.39, 0.29) is 29.2 Å². The Hall–Kier alpha value is -2.48. The zero-order valence-electron chi connectivity index (χ0n) is 21.9. The number of hydrogen-bond acceptors (Lipinski definition) is 5. The van der Waals surface area contributed by atoms with E-state index in [2.05, 4.69) is 38.1 Å². The van der Waals surface area contributed by atoms with Crippen molar-refractivity contribution in [2.45, 2.75) is 71.4 Å². The summed E-state index contributed by atoms with van der Waals surface area (Å²) in [5, 5.41) is 0. The zero-order valence-corrected chi connectivity index (χ0v) is 23.5. The highest BCUT2D eigenvalue weighted by Crippen LogP contribution is 2.39. The molecule has 1 aliphatic rings. The molecule has 2 aromatic carbocycles. The predicted octanol–water partition coefficient (Wildman–Crippen LogP) is 6.72. The Bertz CT molecular complexity index is 1370. The van der Waals surface area contributed by atoms with Crippen LogP contribution in [0.2, 0.25) is 0 Å². The molecule has 4 rings (SSSR count).